The van der Waals surface area contributed by atoms with Crippen LogP contribution >= 0.6 is 0 Å². The predicted octanol–water partition coefficient (Wildman–Crippen LogP) is 3.28. The number of carbonyl (C=O) groups is 1. The van der Waals surface area contributed by atoms with E-state index in [1.807, 2.05) is 66.2 Å². The average Bonchev–Trinajstić information content (AvgIpc) is 3.07. The summed E-state index contributed by atoms with van der Waals surface area (Å²) < 4.78 is 2.03. The first kappa shape index (κ1) is 18.3. The molecule has 3 aromatic rings. The lowest BCUT2D eigenvalue weighted by molar-refractivity contribution is 0.0690. The van der Waals surface area contributed by atoms with Crippen molar-refractivity contribution < 1.29 is 4.79 Å². The number of benzene rings is 1. The second-order valence-electron chi connectivity index (χ2n) is 7.45. The second-order valence-corrected chi connectivity index (χ2v) is 7.45. The molecule has 1 aromatic carbocycles. The number of likely N-dealkylation sites (tertiary alicyclic amines) is 1. The highest BCUT2D eigenvalue weighted by atomic mass is 16.2. The Labute approximate surface area is 165 Å². The van der Waals surface area contributed by atoms with Gasteiger partial charge in [-0.2, -0.15) is 0 Å². The molecule has 0 aliphatic carbocycles. The van der Waals surface area contributed by atoms with E-state index in [2.05, 4.69) is 9.97 Å². The molecule has 2 aromatic heterocycles. The number of imidazole rings is 1. The zero-order valence-electron chi connectivity index (χ0n) is 16.4. The van der Waals surface area contributed by atoms with Gasteiger partial charge in [0.25, 0.3) is 5.91 Å². The monoisotopic (exact) mass is 375 g/mol. The van der Waals surface area contributed by atoms with Gasteiger partial charge in [-0.25, -0.2) is 9.97 Å². The Morgan fingerprint density at radius 3 is 2.54 bits per heavy atom. The van der Waals surface area contributed by atoms with E-state index in [0.717, 1.165) is 60.8 Å². The van der Waals surface area contributed by atoms with Gasteiger partial charge in [-0.1, -0.05) is 18.2 Å². The van der Waals surface area contributed by atoms with Crippen molar-refractivity contribution in [3.8, 4) is 11.4 Å². The van der Waals surface area contributed by atoms with Crippen LogP contribution in [0.2, 0.25) is 0 Å². The van der Waals surface area contributed by atoms with Crippen molar-refractivity contribution >= 4 is 5.91 Å². The van der Waals surface area contributed by atoms with Gasteiger partial charge in [0.05, 0.1) is 23.8 Å². The number of aromatic nitrogens is 4. The minimum atomic E-state index is 0.132. The van der Waals surface area contributed by atoms with Crippen LogP contribution in [0.4, 0.5) is 0 Å². The summed E-state index contributed by atoms with van der Waals surface area (Å²) in [5.74, 6) is 1.61. The topological polar surface area (TPSA) is 63.9 Å². The molecule has 0 bridgehead atoms. The maximum absolute atomic E-state index is 12.6. The van der Waals surface area contributed by atoms with E-state index in [4.69, 9.17) is 4.98 Å². The van der Waals surface area contributed by atoms with Crippen LogP contribution in [0.15, 0.2) is 48.9 Å². The first-order valence-corrected chi connectivity index (χ1v) is 9.76. The Kier molecular flexibility index (Phi) is 5.19. The highest BCUT2D eigenvalue weighted by Gasteiger charge is 2.24. The highest BCUT2D eigenvalue weighted by molar-refractivity contribution is 5.94. The first-order chi connectivity index (χ1) is 13.6. The van der Waals surface area contributed by atoms with Gasteiger partial charge >= 0.3 is 0 Å². The zero-order chi connectivity index (χ0) is 19.5. The molecule has 3 heterocycles. The third kappa shape index (κ3) is 3.81. The molecule has 6 heteroatoms. The van der Waals surface area contributed by atoms with Crippen LogP contribution in [0.25, 0.3) is 11.4 Å². The molecule has 0 unspecified atom stereocenters. The van der Waals surface area contributed by atoms with Crippen molar-refractivity contribution in [3.63, 3.8) is 0 Å². The molecule has 0 spiro atoms. The molecule has 1 saturated heterocycles. The van der Waals surface area contributed by atoms with E-state index in [1.165, 1.54) is 0 Å². The minimum Gasteiger partial charge on any atom is -0.339 e. The molecule has 0 radical (unpaired) electrons. The van der Waals surface area contributed by atoms with Gasteiger partial charge in [0.2, 0.25) is 0 Å². The third-order valence-electron chi connectivity index (χ3n) is 5.59. The lowest BCUT2D eigenvalue weighted by Crippen LogP contribution is -2.38. The van der Waals surface area contributed by atoms with E-state index < -0.39 is 0 Å². The van der Waals surface area contributed by atoms with E-state index in [0.29, 0.717) is 5.92 Å². The maximum atomic E-state index is 12.6. The molecule has 1 amide bonds. The minimum absolute atomic E-state index is 0.132. The number of hydrogen-bond acceptors (Lipinski definition) is 4. The number of hydrogen-bond donors (Lipinski definition) is 0. The Hall–Kier alpha value is -3.02. The molecule has 0 N–H and O–H groups in total. The SMILES string of the molecule is Cc1ncc(-c2cncc(CC3CCN(C(=O)c4ccccc4)CC3)n2)n1C. The Bertz CT molecular complexity index is 958. The van der Waals surface area contributed by atoms with Crippen molar-refractivity contribution in [2.75, 3.05) is 13.1 Å². The van der Waals surface area contributed by atoms with Gasteiger partial charge < -0.3 is 9.47 Å². The lowest BCUT2D eigenvalue weighted by atomic mass is 9.92. The molecule has 4 rings (SSSR count). The fourth-order valence-electron chi connectivity index (χ4n) is 3.77. The highest BCUT2D eigenvalue weighted by Crippen LogP contribution is 2.23. The first-order valence-electron chi connectivity index (χ1n) is 9.76. The number of aryl methyl sites for hydroxylation is 1. The summed E-state index contributed by atoms with van der Waals surface area (Å²) in [4.78, 5) is 28.1. The molecule has 0 saturated carbocycles. The van der Waals surface area contributed by atoms with Crippen molar-refractivity contribution in [1.82, 2.24) is 24.4 Å². The van der Waals surface area contributed by atoms with Crippen LogP contribution in [0, 0.1) is 12.8 Å². The number of amides is 1. The summed E-state index contributed by atoms with van der Waals surface area (Å²) >= 11 is 0. The van der Waals surface area contributed by atoms with E-state index in [-0.39, 0.29) is 5.91 Å². The van der Waals surface area contributed by atoms with Gasteiger partial charge in [0.15, 0.2) is 0 Å². The molecule has 6 nitrogen and oxygen atoms in total. The number of nitrogens with zero attached hydrogens (tertiary/aromatic N) is 5. The normalized spacial score (nSPS) is 15.0. The Morgan fingerprint density at radius 2 is 1.86 bits per heavy atom. The average molecular weight is 375 g/mol. The van der Waals surface area contributed by atoms with Gasteiger partial charge in [-0.15, -0.1) is 0 Å². The fraction of sp³-hybridized carbons (Fsp3) is 0.364. The largest absolute Gasteiger partial charge is 0.339 e. The van der Waals surface area contributed by atoms with Crippen LogP contribution in [0.3, 0.4) is 0 Å². The van der Waals surface area contributed by atoms with Crippen LogP contribution in [0.5, 0.6) is 0 Å². The number of carbonyl (C=O) groups excluding carboxylic acids is 1. The van der Waals surface area contributed by atoms with E-state index in [1.54, 1.807) is 6.20 Å². The molecule has 144 valence electrons. The Balaban J connectivity index is 1.38. The van der Waals surface area contributed by atoms with Crippen molar-refractivity contribution in [2.45, 2.75) is 26.2 Å². The molecule has 0 atom stereocenters. The second kappa shape index (κ2) is 7.92. The lowest BCUT2D eigenvalue weighted by Gasteiger charge is -2.32. The summed E-state index contributed by atoms with van der Waals surface area (Å²) in [6, 6.07) is 9.53. The van der Waals surface area contributed by atoms with Crippen LogP contribution in [0.1, 0.15) is 34.7 Å². The molecule has 1 aliphatic heterocycles. The summed E-state index contributed by atoms with van der Waals surface area (Å²) in [7, 11) is 1.99. The molecular weight excluding hydrogens is 350 g/mol. The van der Waals surface area contributed by atoms with Crippen molar-refractivity contribution in [1.29, 1.82) is 0 Å². The quantitative estimate of drug-likeness (QED) is 0.702. The van der Waals surface area contributed by atoms with Gasteiger partial charge in [0, 0.05) is 31.9 Å². The number of rotatable bonds is 4. The Morgan fingerprint density at radius 1 is 1.11 bits per heavy atom. The maximum Gasteiger partial charge on any atom is 0.253 e. The van der Waals surface area contributed by atoms with Crippen LogP contribution in [-0.2, 0) is 13.5 Å². The van der Waals surface area contributed by atoms with Crippen LogP contribution in [-0.4, -0.2) is 43.4 Å². The smallest absolute Gasteiger partial charge is 0.253 e. The molecule has 1 aliphatic rings. The predicted molar refractivity (Wildman–Crippen MR) is 108 cm³/mol. The summed E-state index contributed by atoms with van der Waals surface area (Å²) in [6.07, 6.45) is 8.38. The van der Waals surface area contributed by atoms with Gasteiger partial charge in [0.1, 0.15) is 11.5 Å². The van der Waals surface area contributed by atoms with Crippen molar-refractivity contribution in [2.24, 2.45) is 13.0 Å². The van der Waals surface area contributed by atoms with E-state index in [9.17, 15) is 4.79 Å². The fourth-order valence-corrected chi connectivity index (χ4v) is 3.77. The van der Waals surface area contributed by atoms with Gasteiger partial charge in [-0.05, 0) is 44.2 Å². The number of piperidine rings is 1. The molecule has 1 fully saturated rings. The molecular formula is C22H25N5O. The van der Waals surface area contributed by atoms with Gasteiger partial charge in [-0.3, -0.25) is 9.78 Å². The molecule has 28 heavy (non-hydrogen) atoms. The third-order valence-corrected chi connectivity index (χ3v) is 5.59. The van der Waals surface area contributed by atoms with Crippen molar-refractivity contribution in [3.05, 3.63) is 66.0 Å². The van der Waals surface area contributed by atoms with Crippen LogP contribution < -0.4 is 0 Å². The zero-order valence-corrected chi connectivity index (χ0v) is 16.4. The van der Waals surface area contributed by atoms with E-state index >= 15 is 0 Å². The summed E-state index contributed by atoms with van der Waals surface area (Å²) in [5.41, 5.74) is 3.61. The summed E-state index contributed by atoms with van der Waals surface area (Å²) in [6.45, 7) is 3.57. The summed E-state index contributed by atoms with van der Waals surface area (Å²) in [5, 5.41) is 0. The standard InChI is InChI=1S/C22H25N5O/c1-16-24-15-21(26(16)2)20-14-23-13-19(25-20)12-17-8-10-27(11-9-17)22(28)18-6-4-3-5-7-18/h3-7,13-15,17H,8-12H2,1-2H3.